The van der Waals surface area contributed by atoms with Crippen molar-refractivity contribution in [3.05, 3.63) is 216 Å². The van der Waals surface area contributed by atoms with E-state index in [9.17, 15) is 5.11 Å². The predicted octanol–water partition coefficient (Wildman–Crippen LogP) is 14.1. The van der Waals surface area contributed by atoms with E-state index >= 15 is 0 Å². The van der Waals surface area contributed by atoms with Crippen LogP contribution in [0.3, 0.4) is 0 Å². The molecule has 8 aromatic carbocycles. The minimum atomic E-state index is -0.748. The summed E-state index contributed by atoms with van der Waals surface area (Å²) < 4.78 is 62.1. The van der Waals surface area contributed by atoms with Crippen molar-refractivity contribution in [3.63, 3.8) is 0 Å². The van der Waals surface area contributed by atoms with Gasteiger partial charge in [-0.1, -0.05) is 187 Å². The summed E-state index contributed by atoms with van der Waals surface area (Å²) in [4.78, 5) is 0. The third-order valence-corrected chi connectivity index (χ3v) is 15.3. The maximum atomic E-state index is 10.5. The Hall–Kier alpha value is -6.92. The van der Waals surface area contributed by atoms with E-state index in [-0.39, 0.29) is 43.7 Å². The van der Waals surface area contributed by atoms with Gasteiger partial charge in [-0.2, -0.15) is 0 Å². The highest BCUT2D eigenvalue weighted by molar-refractivity contribution is 5.82. The minimum Gasteiger partial charge on any atom is -0.491 e. The number of rotatable bonds is 28. The molecule has 5 atom stereocenters. The van der Waals surface area contributed by atoms with Crippen LogP contribution in [0.2, 0.25) is 0 Å². The lowest BCUT2D eigenvalue weighted by Gasteiger charge is -2.26. The highest BCUT2D eigenvalue weighted by Crippen LogP contribution is 2.34. The summed E-state index contributed by atoms with van der Waals surface area (Å²) in [7, 11) is 6.45. The molecule has 12 rings (SSSR count). The molecule has 14 heteroatoms. The van der Waals surface area contributed by atoms with Crippen molar-refractivity contribution in [1.82, 2.24) is 0 Å². The molecule has 5 unspecified atom stereocenters. The summed E-state index contributed by atoms with van der Waals surface area (Å²) in [5.41, 5.74) is 4.92. The number of unbranched alkanes of at least 4 members (excludes halogenated alkanes) is 1. The smallest absolute Gasteiger partial charge is 0.122 e. The number of fused-ring (bicyclic) bond motifs is 2. The van der Waals surface area contributed by atoms with Gasteiger partial charge in [-0.05, 0) is 117 Å². The molecule has 0 aliphatic carbocycles. The van der Waals surface area contributed by atoms with E-state index in [1.54, 1.807) is 28.4 Å². The fourth-order valence-corrected chi connectivity index (χ4v) is 9.44. The van der Waals surface area contributed by atoms with Crippen LogP contribution in [0.15, 0.2) is 194 Å². The Balaban J connectivity index is 0.000000252. The fourth-order valence-electron chi connectivity index (χ4n) is 9.44. The van der Waals surface area contributed by atoms with Gasteiger partial charge in [0, 0.05) is 33.9 Å². The van der Waals surface area contributed by atoms with Gasteiger partial charge >= 0.3 is 0 Å². The Morgan fingerprint density at radius 1 is 0.374 bits per heavy atom. The lowest BCUT2D eigenvalue weighted by molar-refractivity contribution is 0.00980. The molecule has 4 saturated heterocycles. The number of epoxide rings is 4. The molecule has 4 heterocycles. The Labute approximate surface area is 541 Å². The number of hydrogen-bond donors (Lipinski definition) is 2. The predicted molar refractivity (Wildman–Crippen MR) is 364 cm³/mol. The highest BCUT2D eigenvalue weighted by Gasteiger charge is 2.27. The zero-order valence-corrected chi connectivity index (χ0v) is 54.0. The maximum absolute atomic E-state index is 10.5. The summed E-state index contributed by atoms with van der Waals surface area (Å²) in [5.74, 6) is 3.22. The van der Waals surface area contributed by atoms with E-state index in [1.165, 1.54) is 43.8 Å². The molecule has 492 valence electrons. The summed E-state index contributed by atoms with van der Waals surface area (Å²) in [6.07, 6.45) is 4.55. The van der Waals surface area contributed by atoms with Crippen LogP contribution >= 0.6 is 0 Å². The van der Waals surface area contributed by atoms with Crippen molar-refractivity contribution in [2.45, 2.75) is 108 Å². The van der Waals surface area contributed by atoms with Gasteiger partial charge in [0.2, 0.25) is 0 Å². The Kier molecular flexibility index (Phi) is 31.7. The Bertz CT molecular complexity index is 2970. The molecule has 0 amide bonds. The Morgan fingerprint density at radius 2 is 0.670 bits per heavy atom. The number of ether oxygens (including phenoxy) is 12. The van der Waals surface area contributed by atoms with Crippen LogP contribution in [0.4, 0.5) is 0 Å². The van der Waals surface area contributed by atoms with E-state index in [0.717, 1.165) is 82.6 Å². The summed E-state index contributed by atoms with van der Waals surface area (Å²) in [6, 6.07) is 66.5. The van der Waals surface area contributed by atoms with Crippen molar-refractivity contribution in [3.8, 4) is 23.0 Å². The summed E-state index contributed by atoms with van der Waals surface area (Å²) in [5, 5.41) is 24.6. The monoisotopic (exact) mass is 1250 g/mol. The van der Waals surface area contributed by atoms with Crippen molar-refractivity contribution < 1.29 is 67.1 Å². The van der Waals surface area contributed by atoms with Crippen molar-refractivity contribution in [1.29, 1.82) is 0 Å². The minimum absolute atomic E-state index is 0. The van der Waals surface area contributed by atoms with Crippen molar-refractivity contribution >= 4 is 21.5 Å². The van der Waals surface area contributed by atoms with E-state index < -0.39 is 12.2 Å². The summed E-state index contributed by atoms with van der Waals surface area (Å²) in [6.45, 7) is 16.2. The molecule has 0 bridgehead atoms. The van der Waals surface area contributed by atoms with Gasteiger partial charge in [-0.3, -0.25) is 0 Å². The summed E-state index contributed by atoms with van der Waals surface area (Å²) >= 11 is 0. The van der Waals surface area contributed by atoms with E-state index in [1.807, 2.05) is 36.4 Å². The first-order chi connectivity index (χ1) is 43.7. The number of aryl methyl sites for hydroxylation is 1. The number of methoxy groups -OCH3 is 4. The molecule has 4 aliphatic heterocycles. The Morgan fingerprint density at radius 3 is 0.978 bits per heavy atom. The first-order valence-electron chi connectivity index (χ1n) is 31.3. The third kappa shape index (κ3) is 28.2. The molecule has 0 saturated carbocycles. The molecule has 2 N–H and O–H groups in total. The first-order valence-corrected chi connectivity index (χ1v) is 31.3. The molecular formula is C77H100O14. The molecule has 0 spiro atoms. The quantitative estimate of drug-likeness (QED) is 0.0351. The fraction of sp³-hybridized carbons (Fsp3) is 0.429. The average molecular weight is 1250 g/mol. The van der Waals surface area contributed by atoms with Gasteiger partial charge in [0.15, 0.2) is 0 Å². The van der Waals surface area contributed by atoms with Crippen LogP contribution in [0.5, 0.6) is 23.0 Å². The average Bonchev–Trinajstić information content (AvgIpc) is 1.91. The molecule has 8 aromatic rings. The van der Waals surface area contributed by atoms with Gasteiger partial charge < -0.3 is 67.1 Å². The standard InChI is InChI=1S/C43H52O7.2C10H8.C5H12O3.2C4H8O2.CH4/c1-42(2,32-10-18-38(19-11-32)47-27-40-29-49-40)24-6-5-7-31-8-16-36(17-9-31)45-25-35(44)26-46-37-20-12-33(13-21-37)43(3,4)34-14-22-39(23-15-34)48-28-41-30-50-41;2*1-2-6-10-8-4-3-7-9(10)5-1;1-7-3-5(6)4-8-2;2*1-5-2-4-3-6-4;/h8-23,35,40-41,44H,5-7,24-30H2,1-4H3;2*1-8H;5-6H,3-4H2,1-2H3;2*4H,2-3H2,1H3;1H4. The number of aliphatic hydroxyl groups excluding tert-OH is 2. The van der Waals surface area contributed by atoms with Crippen molar-refractivity contribution in [2.75, 3.05) is 108 Å². The topological polar surface area (TPSA) is 164 Å². The largest absolute Gasteiger partial charge is 0.491 e. The lowest BCUT2D eigenvalue weighted by Crippen LogP contribution is -2.25. The number of aliphatic hydroxyl groups is 2. The van der Waals surface area contributed by atoms with E-state index in [4.69, 9.17) is 52.5 Å². The van der Waals surface area contributed by atoms with Crippen LogP contribution in [0.1, 0.15) is 76.6 Å². The maximum Gasteiger partial charge on any atom is 0.122 e. The molecule has 4 aliphatic rings. The van der Waals surface area contributed by atoms with Crippen LogP contribution in [-0.2, 0) is 55.1 Å². The normalized spacial score (nSPS) is 16.8. The molecule has 91 heavy (non-hydrogen) atoms. The van der Waals surface area contributed by atoms with Gasteiger partial charge in [-0.15, -0.1) is 0 Å². The first kappa shape index (κ1) is 73.1. The SMILES string of the molecule is C.CC(C)(CCCCc1ccc(OCC(O)COc2ccc(C(C)(C)c3ccc(OCC4CO4)cc3)cc2)cc1)c1ccc(OCC2CO2)cc1.COCC(O)COC.COCC1CO1.COCC1CO1.c1ccc2ccccc2c1.c1ccc2ccccc2c1. The van der Waals surface area contributed by atoms with E-state index in [2.05, 4.69) is 195 Å². The van der Waals surface area contributed by atoms with Crippen LogP contribution in [0, 0.1) is 0 Å². The molecule has 0 aromatic heterocycles. The zero-order chi connectivity index (χ0) is 63.8. The van der Waals surface area contributed by atoms with Crippen molar-refractivity contribution in [2.24, 2.45) is 0 Å². The second-order valence-corrected chi connectivity index (χ2v) is 23.8. The number of benzene rings is 8. The molecule has 4 fully saturated rings. The third-order valence-electron chi connectivity index (χ3n) is 15.3. The number of hydrogen-bond acceptors (Lipinski definition) is 14. The molecule has 14 nitrogen and oxygen atoms in total. The van der Waals surface area contributed by atoms with E-state index in [0.29, 0.717) is 44.4 Å². The van der Waals surface area contributed by atoms with Gasteiger partial charge in [0.05, 0.1) is 52.9 Å². The highest BCUT2D eigenvalue weighted by atomic mass is 16.6. The van der Waals surface area contributed by atoms with Crippen LogP contribution < -0.4 is 18.9 Å². The second kappa shape index (κ2) is 39.5. The molecular weight excluding hydrogens is 1150 g/mol. The van der Waals surface area contributed by atoms with Gasteiger partial charge in [0.25, 0.3) is 0 Å². The van der Waals surface area contributed by atoms with Gasteiger partial charge in [-0.25, -0.2) is 0 Å². The van der Waals surface area contributed by atoms with Crippen LogP contribution in [0.25, 0.3) is 21.5 Å². The zero-order valence-electron chi connectivity index (χ0n) is 54.0. The lowest BCUT2D eigenvalue weighted by atomic mass is 9.78. The second-order valence-electron chi connectivity index (χ2n) is 23.8. The van der Waals surface area contributed by atoms with Crippen LogP contribution in [-0.4, -0.2) is 155 Å². The van der Waals surface area contributed by atoms with Gasteiger partial charge in [0.1, 0.15) is 86.0 Å². The molecule has 0 radical (unpaired) electrons.